The Kier molecular flexibility index (Phi) is 3.60. The molecule has 1 aliphatic heterocycles. The molecule has 1 aromatic heterocycles. The van der Waals surface area contributed by atoms with Crippen molar-refractivity contribution in [2.45, 2.75) is 51.1 Å². The molecule has 0 bridgehead atoms. The predicted octanol–water partition coefficient (Wildman–Crippen LogP) is 3.21. The molecule has 78 valence electrons. The zero-order valence-corrected chi connectivity index (χ0v) is 9.65. The average molecular weight is 209 g/mol. The van der Waals surface area contributed by atoms with E-state index in [1.807, 2.05) is 11.3 Å². The quantitative estimate of drug-likeness (QED) is 0.806. The van der Waals surface area contributed by atoms with Crippen molar-refractivity contribution in [1.82, 2.24) is 5.32 Å². The van der Waals surface area contributed by atoms with Gasteiger partial charge in [0.15, 0.2) is 0 Å². The Labute approximate surface area is 90.5 Å². The van der Waals surface area contributed by atoms with Gasteiger partial charge in [0, 0.05) is 17.0 Å². The molecule has 14 heavy (non-hydrogen) atoms. The van der Waals surface area contributed by atoms with Crippen LogP contribution < -0.4 is 5.32 Å². The lowest BCUT2D eigenvalue weighted by Gasteiger charge is -2.28. The van der Waals surface area contributed by atoms with Crippen molar-refractivity contribution in [3.8, 4) is 0 Å². The summed E-state index contributed by atoms with van der Waals surface area (Å²) in [5, 5.41) is 5.86. The maximum absolute atomic E-state index is 3.68. The summed E-state index contributed by atoms with van der Waals surface area (Å²) in [4.78, 5) is 1.53. The highest BCUT2D eigenvalue weighted by molar-refractivity contribution is 7.09. The summed E-state index contributed by atoms with van der Waals surface area (Å²) in [6, 6.07) is 5.89. The van der Waals surface area contributed by atoms with Gasteiger partial charge in [0.25, 0.3) is 0 Å². The summed E-state index contributed by atoms with van der Waals surface area (Å²) < 4.78 is 0. The average Bonchev–Trinajstić information content (AvgIpc) is 2.67. The zero-order chi connectivity index (χ0) is 9.80. The molecule has 0 aliphatic carbocycles. The summed E-state index contributed by atoms with van der Waals surface area (Å²) >= 11 is 1.88. The molecule has 0 spiro atoms. The fourth-order valence-corrected chi connectivity index (χ4v) is 2.96. The van der Waals surface area contributed by atoms with E-state index in [1.54, 1.807) is 0 Å². The summed E-state index contributed by atoms with van der Waals surface area (Å²) in [6.07, 6.45) is 6.70. The third-order valence-electron chi connectivity index (χ3n) is 3.03. The van der Waals surface area contributed by atoms with Gasteiger partial charge in [0.05, 0.1) is 0 Å². The molecule has 1 fully saturated rings. The van der Waals surface area contributed by atoms with Gasteiger partial charge in [-0.2, -0.15) is 0 Å². The van der Waals surface area contributed by atoms with Gasteiger partial charge in [-0.25, -0.2) is 0 Å². The van der Waals surface area contributed by atoms with Crippen LogP contribution in [0.25, 0.3) is 0 Å². The molecule has 0 saturated carbocycles. The van der Waals surface area contributed by atoms with E-state index in [0.29, 0.717) is 0 Å². The Bertz CT molecular complexity index is 255. The first-order valence-electron chi connectivity index (χ1n) is 5.63. The van der Waals surface area contributed by atoms with Gasteiger partial charge in [0.1, 0.15) is 0 Å². The molecule has 2 heteroatoms. The second-order valence-electron chi connectivity index (χ2n) is 4.31. The van der Waals surface area contributed by atoms with Crippen LogP contribution in [0.2, 0.25) is 0 Å². The minimum atomic E-state index is 0.733. The molecule has 2 unspecified atom stereocenters. The largest absolute Gasteiger partial charge is 0.311 e. The molecule has 1 saturated heterocycles. The van der Waals surface area contributed by atoms with Crippen LogP contribution in [0.15, 0.2) is 17.5 Å². The number of piperidine rings is 1. The van der Waals surface area contributed by atoms with Gasteiger partial charge in [0.2, 0.25) is 0 Å². The number of hydrogen-bond donors (Lipinski definition) is 1. The molecule has 1 aromatic rings. The standard InChI is InChI=1S/C12H19NS/c1-10-4-2-5-11(13-10)7-8-12-6-3-9-14-12/h3,6,9-11,13H,2,4-5,7-8H2,1H3. The van der Waals surface area contributed by atoms with Crippen molar-refractivity contribution in [1.29, 1.82) is 0 Å². The lowest BCUT2D eigenvalue weighted by Crippen LogP contribution is -2.40. The highest BCUT2D eigenvalue weighted by Crippen LogP contribution is 2.18. The molecule has 2 atom stereocenters. The van der Waals surface area contributed by atoms with Crippen molar-refractivity contribution in [2.75, 3.05) is 0 Å². The van der Waals surface area contributed by atoms with E-state index >= 15 is 0 Å². The number of thiophene rings is 1. The van der Waals surface area contributed by atoms with Crippen molar-refractivity contribution in [2.24, 2.45) is 0 Å². The SMILES string of the molecule is CC1CCCC(CCc2cccs2)N1. The predicted molar refractivity (Wildman–Crippen MR) is 62.9 cm³/mol. The molecule has 1 nitrogen and oxygen atoms in total. The first kappa shape index (κ1) is 10.2. The molecule has 1 aliphatic rings. The maximum atomic E-state index is 3.68. The number of hydrogen-bond acceptors (Lipinski definition) is 2. The number of nitrogens with one attached hydrogen (secondary N) is 1. The van der Waals surface area contributed by atoms with Gasteiger partial charge >= 0.3 is 0 Å². The smallest absolute Gasteiger partial charge is 0.00730 e. The molecule has 2 rings (SSSR count). The van der Waals surface area contributed by atoms with E-state index < -0.39 is 0 Å². The first-order valence-corrected chi connectivity index (χ1v) is 6.51. The molecule has 1 N–H and O–H groups in total. The molecular formula is C12H19NS. The molecular weight excluding hydrogens is 190 g/mol. The fourth-order valence-electron chi connectivity index (χ4n) is 2.24. The Morgan fingerprint density at radius 2 is 2.43 bits per heavy atom. The van der Waals surface area contributed by atoms with Gasteiger partial charge in [-0.3, -0.25) is 0 Å². The summed E-state index contributed by atoms with van der Waals surface area (Å²) in [6.45, 7) is 2.30. The monoisotopic (exact) mass is 209 g/mol. The molecule has 0 radical (unpaired) electrons. The molecule has 2 heterocycles. The van der Waals surface area contributed by atoms with Crippen molar-refractivity contribution >= 4 is 11.3 Å². The van der Waals surface area contributed by atoms with Crippen LogP contribution in [0, 0.1) is 0 Å². The van der Waals surface area contributed by atoms with Gasteiger partial charge < -0.3 is 5.32 Å². The van der Waals surface area contributed by atoms with E-state index in [0.717, 1.165) is 12.1 Å². The van der Waals surface area contributed by atoms with Crippen LogP contribution in [-0.2, 0) is 6.42 Å². The summed E-state index contributed by atoms with van der Waals surface area (Å²) in [7, 11) is 0. The van der Waals surface area contributed by atoms with Gasteiger partial charge in [-0.15, -0.1) is 11.3 Å². The van der Waals surface area contributed by atoms with Crippen LogP contribution in [0.1, 0.15) is 37.5 Å². The second-order valence-corrected chi connectivity index (χ2v) is 5.35. The lowest BCUT2D eigenvalue weighted by molar-refractivity contribution is 0.322. The lowest BCUT2D eigenvalue weighted by atomic mass is 9.96. The van der Waals surface area contributed by atoms with E-state index in [2.05, 4.69) is 29.8 Å². The number of aryl methyl sites for hydroxylation is 1. The van der Waals surface area contributed by atoms with E-state index in [9.17, 15) is 0 Å². The van der Waals surface area contributed by atoms with Crippen molar-refractivity contribution in [3.05, 3.63) is 22.4 Å². The topological polar surface area (TPSA) is 12.0 Å². The second kappa shape index (κ2) is 4.94. The Balaban J connectivity index is 1.75. The van der Waals surface area contributed by atoms with Crippen molar-refractivity contribution < 1.29 is 0 Å². The normalized spacial score (nSPS) is 27.8. The van der Waals surface area contributed by atoms with Crippen LogP contribution in [-0.4, -0.2) is 12.1 Å². The van der Waals surface area contributed by atoms with E-state index in [1.165, 1.54) is 37.0 Å². The molecule has 0 amide bonds. The van der Waals surface area contributed by atoms with E-state index in [-0.39, 0.29) is 0 Å². The highest BCUT2D eigenvalue weighted by atomic mass is 32.1. The van der Waals surface area contributed by atoms with Crippen molar-refractivity contribution in [3.63, 3.8) is 0 Å². The highest BCUT2D eigenvalue weighted by Gasteiger charge is 2.17. The summed E-state index contributed by atoms with van der Waals surface area (Å²) in [5.74, 6) is 0. The third kappa shape index (κ3) is 2.82. The minimum absolute atomic E-state index is 0.733. The minimum Gasteiger partial charge on any atom is -0.311 e. The van der Waals surface area contributed by atoms with Crippen LogP contribution >= 0.6 is 11.3 Å². The summed E-state index contributed by atoms with van der Waals surface area (Å²) in [5.41, 5.74) is 0. The maximum Gasteiger partial charge on any atom is 0.00730 e. The Morgan fingerprint density at radius 1 is 1.50 bits per heavy atom. The third-order valence-corrected chi connectivity index (χ3v) is 3.97. The first-order chi connectivity index (χ1) is 6.84. The Morgan fingerprint density at radius 3 is 3.14 bits per heavy atom. The van der Waals surface area contributed by atoms with Crippen LogP contribution in [0.5, 0.6) is 0 Å². The fraction of sp³-hybridized carbons (Fsp3) is 0.667. The number of rotatable bonds is 3. The van der Waals surface area contributed by atoms with Gasteiger partial charge in [-0.05, 0) is 44.1 Å². The molecule has 0 aromatic carbocycles. The zero-order valence-electron chi connectivity index (χ0n) is 8.83. The van der Waals surface area contributed by atoms with E-state index in [4.69, 9.17) is 0 Å². The van der Waals surface area contributed by atoms with Crippen LogP contribution in [0.3, 0.4) is 0 Å². The Hall–Kier alpha value is -0.340. The van der Waals surface area contributed by atoms with Crippen LogP contribution in [0.4, 0.5) is 0 Å². The van der Waals surface area contributed by atoms with Gasteiger partial charge in [-0.1, -0.05) is 12.5 Å².